The maximum Gasteiger partial charge on any atom is 0.324 e. The van der Waals surface area contributed by atoms with Gasteiger partial charge in [0.15, 0.2) is 0 Å². The van der Waals surface area contributed by atoms with Crippen molar-refractivity contribution in [2.24, 2.45) is 0 Å². The molecule has 2 unspecified atom stereocenters. The van der Waals surface area contributed by atoms with Crippen LogP contribution >= 0.6 is 6.72 Å². The second kappa shape index (κ2) is 26.5. The van der Waals surface area contributed by atoms with Crippen LogP contribution in [0.5, 0.6) is 0 Å². The first-order valence-electron chi connectivity index (χ1n) is 14.4. The van der Waals surface area contributed by atoms with Gasteiger partial charge in [-0.3, -0.25) is 4.79 Å². The normalized spacial score (nSPS) is 14.1. The molecule has 0 amide bonds. The van der Waals surface area contributed by atoms with E-state index in [0.717, 1.165) is 19.3 Å². The summed E-state index contributed by atoms with van der Waals surface area (Å²) in [5, 5.41) is 8.75. The molecule has 0 aromatic rings. The molecule has 0 aromatic heterocycles. The van der Waals surface area contributed by atoms with E-state index in [1.54, 1.807) is 0 Å². The molecule has 2 N–H and O–H groups in total. The molecule has 0 spiro atoms. The van der Waals surface area contributed by atoms with Crippen LogP contribution in [0.2, 0.25) is 0 Å². The standard InChI is InChI=1S/C27H55O7PS/c1-3-5-6-7-8-9-10-11-12-13-14-15-16-18-22-31-24-26(32-23-19-17-20-27(28)29)25-34-35(30,36)33-21-4-2/h26H,3-25H2,1-2H3,(H,28,29)(H,30,36). The predicted molar refractivity (Wildman–Crippen MR) is 151 cm³/mol. The Morgan fingerprint density at radius 1 is 0.694 bits per heavy atom. The fourth-order valence-electron chi connectivity index (χ4n) is 3.81. The van der Waals surface area contributed by atoms with Crippen LogP contribution in [0, 0.1) is 0 Å². The van der Waals surface area contributed by atoms with Crippen molar-refractivity contribution in [3.05, 3.63) is 0 Å². The molecular formula is C27H55O7PS. The third kappa shape index (κ3) is 27.0. The number of carbonyl (C=O) groups is 1. The second-order valence-electron chi connectivity index (χ2n) is 9.61. The summed E-state index contributed by atoms with van der Waals surface area (Å²) < 4.78 is 22.3. The fourth-order valence-corrected chi connectivity index (χ4v) is 5.06. The minimum Gasteiger partial charge on any atom is -0.481 e. The van der Waals surface area contributed by atoms with Crippen molar-refractivity contribution in [1.29, 1.82) is 0 Å². The minimum absolute atomic E-state index is 0.0924. The van der Waals surface area contributed by atoms with E-state index in [1.807, 2.05) is 6.92 Å². The SMILES string of the molecule is CCCCCCCCCCCCCCCCOCC(COP(O)(=S)OCCC)OCCCCC(=O)O. The van der Waals surface area contributed by atoms with Crippen LogP contribution < -0.4 is 0 Å². The second-order valence-corrected chi connectivity index (χ2v) is 12.5. The average Bonchev–Trinajstić information content (AvgIpc) is 2.84. The third-order valence-electron chi connectivity index (χ3n) is 5.97. The van der Waals surface area contributed by atoms with Gasteiger partial charge in [-0.1, -0.05) is 97.3 Å². The van der Waals surface area contributed by atoms with E-state index < -0.39 is 12.7 Å². The number of aliphatic carboxylic acids is 1. The smallest absolute Gasteiger partial charge is 0.324 e. The van der Waals surface area contributed by atoms with Gasteiger partial charge >= 0.3 is 12.7 Å². The first-order valence-corrected chi connectivity index (χ1v) is 17.0. The number of hydrogen-bond acceptors (Lipinski definition) is 6. The molecule has 2 atom stereocenters. The summed E-state index contributed by atoms with van der Waals surface area (Å²) in [5.74, 6) is -0.805. The number of carboxylic acid groups (broad SMARTS) is 1. The Balaban J connectivity index is 3.85. The van der Waals surface area contributed by atoms with Crippen LogP contribution in [0.3, 0.4) is 0 Å². The molecule has 0 saturated carbocycles. The molecule has 0 aliphatic heterocycles. The first-order chi connectivity index (χ1) is 17.4. The van der Waals surface area contributed by atoms with E-state index in [-0.39, 0.29) is 19.1 Å². The Bertz CT molecular complexity index is 536. The highest BCUT2D eigenvalue weighted by Gasteiger charge is 2.19. The molecule has 0 saturated heterocycles. The molecular weight excluding hydrogens is 499 g/mol. The molecule has 216 valence electrons. The quantitative estimate of drug-likeness (QED) is 0.0715. The molecule has 7 nitrogen and oxygen atoms in total. The van der Waals surface area contributed by atoms with Crippen molar-refractivity contribution in [3.63, 3.8) is 0 Å². The van der Waals surface area contributed by atoms with Gasteiger partial charge < -0.3 is 28.5 Å². The van der Waals surface area contributed by atoms with Gasteiger partial charge in [0.25, 0.3) is 0 Å². The van der Waals surface area contributed by atoms with Crippen LogP contribution in [0.25, 0.3) is 0 Å². The Labute approximate surface area is 226 Å². The minimum atomic E-state index is -3.28. The van der Waals surface area contributed by atoms with Crippen LogP contribution in [0.4, 0.5) is 0 Å². The average molecular weight is 555 g/mol. The maximum atomic E-state index is 10.6. The number of hydrogen-bond donors (Lipinski definition) is 2. The van der Waals surface area contributed by atoms with Crippen LogP contribution in [-0.2, 0) is 35.1 Å². The largest absolute Gasteiger partial charge is 0.481 e. The van der Waals surface area contributed by atoms with Crippen molar-refractivity contribution >= 4 is 24.5 Å². The van der Waals surface area contributed by atoms with Crippen molar-refractivity contribution in [3.8, 4) is 0 Å². The van der Waals surface area contributed by atoms with Gasteiger partial charge in [0.1, 0.15) is 6.10 Å². The number of rotatable bonds is 29. The highest BCUT2D eigenvalue weighted by atomic mass is 32.5. The van der Waals surface area contributed by atoms with Crippen molar-refractivity contribution in [1.82, 2.24) is 0 Å². The molecule has 0 aromatic carbocycles. The van der Waals surface area contributed by atoms with Gasteiger partial charge in [-0.05, 0) is 37.5 Å². The zero-order valence-electron chi connectivity index (χ0n) is 23.1. The first kappa shape index (κ1) is 35.9. The van der Waals surface area contributed by atoms with Gasteiger partial charge in [0.2, 0.25) is 0 Å². The number of ether oxygens (including phenoxy) is 2. The van der Waals surface area contributed by atoms with Crippen molar-refractivity contribution < 1.29 is 33.3 Å². The highest BCUT2D eigenvalue weighted by Crippen LogP contribution is 2.43. The summed E-state index contributed by atoms with van der Waals surface area (Å²) in [6.45, 7) is 2.79. The number of carboxylic acids is 1. The zero-order chi connectivity index (χ0) is 26.7. The predicted octanol–water partition coefficient (Wildman–Crippen LogP) is 7.78. The Morgan fingerprint density at radius 3 is 1.75 bits per heavy atom. The lowest BCUT2D eigenvalue weighted by Crippen LogP contribution is -2.26. The Hall–Kier alpha value is -0.0800. The summed E-state index contributed by atoms with van der Waals surface area (Å²) in [7, 11) is 0. The lowest BCUT2D eigenvalue weighted by atomic mass is 10.0. The monoisotopic (exact) mass is 554 g/mol. The summed E-state index contributed by atoms with van der Waals surface area (Å²) in [6, 6.07) is 0. The molecule has 0 bridgehead atoms. The van der Waals surface area contributed by atoms with Gasteiger partial charge in [-0.2, -0.15) is 0 Å². The molecule has 0 heterocycles. The van der Waals surface area contributed by atoms with E-state index in [4.69, 9.17) is 35.4 Å². The van der Waals surface area contributed by atoms with E-state index in [1.165, 1.54) is 77.0 Å². The van der Waals surface area contributed by atoms with Crippen LogP contribution in [0.1, 0.15) is 129 Å². The van der Waals surface area contributed by atoms with Gasteiger partial charge in [-0.25, -0.2) is 0 Å². The summed E-state index contributed by atoms with van der Waals surface area (Å²) in [4.78, 5) is 20.7. The lowest BCUT2D eigenvalue weighted by Gasteiger charge is -2.21. The molecule has 0 rings (SSSR count). The molecule has 36 heavy (non-hydrogen) atoms. The van der Waals surface area contributed by atoms with E-state index >= 15 is 0 Å². The van der Waals surface area contributed by atoms with Crippen molar-refractivity contribution in [2.75, 3.05) is 33.0 Å². The third-order valence-corrected chi connectivity index (χ3v) is 7.58. The lowest BCUT2D eigenvalue weighted by molar-refractivity contribution is -0.137. The summed E-state index contributed by atoms with van der Waals surface area (Å²) >= 11 is 5.02. The topological polar surface area (TPSA) is 94.5 Å². The highest BCUT2D eigenvalue weighted by molar-refractivity contribution is 8.07. The van der Waals surface area contributed by atoms with E-state index in [2.05, 4.69) is 6.92 Å². The summed E-state index contributed by atoms with van der Waals surface area (Å²) in [6.07, 6.45) is 20.2. The van der Waals surface area contributed by atoms with E-state index in [9.17, 15) is 9.69 Å². The zero-order valence-corrected chi connectivity index (χ0v) is 24.8. The Morgan fingerprint density at radius 2 is 1.22 bits per heavy atom. The maximum absolute atomic E-state index is 10.6. The fraction of sp³-hybridized carbons (Fsp3) is 0.963. The van der Waals surface area contributed by atoms with Gasteiger partial charge in [0, 0.05) is 19.6 Å². The van der Waals surface area contributed by atoms with Gasteiger partial charge in [0.05, 0.1) is 19.8 Å². The summed E-state index contributed by atoms with van der Waals surface area (Å²) in [5.41, 5.74) is 0. The molecule has 0 aliphatic carbocycles. The van der Waals surface area contributed by atoms with Crippen LogP contribution in [0.15, 0.2) is 0 Å². The van der Waals surface area contributed by atoms with E-state index in [0.29, 0.717) is 39.3 Å². The molecule has 0 fully saturated rings. The number of unbranched alkanes of at least 4 members (excludes halogenated alkanes) is 14. The Kier molecular flexibility index (Phi) is 26.5. The van der Waals surface area contributed by atoms with Crippen molar-refractivity contribution in [2.45, 2.75) is 136 Å². The van der Waals surface area contributed by atoms with Gasteiger partial charge in [-0.15, -0.1) is 0 Å². The molecule has 0 aliphatic rings. The molecule has 0 radical (unpaired) electrons. The molecule has 9 heteroatoms. The van der Waals surface area contributed by atoms with Crippen LogP contribution in [-0.4, -0.2) is 55.1 Å².